The number of nitrogens with zero attached hydrogens (tertiary/aromatic N) is 5. The zero-order valence-corrected chi connectivity index (χ0v) is 18.8. The van der Waals surface area contributed by atoms with Crippen LogP contribution in [0.1, 0.15) is 22.5 Å². The lowest BCUT2D eigenvalue weighted by Crippen LogP contribution is -2.45. The van der Waals surface area contributed by atoms with E-state index >= 15 is 0 Å². The van der Waals surface area contributed by atoms with E-state index in [0.29, 0.717) is 52.6 Å². The van der Waals surface area contributed by atoms with Crippen LogP contribution in [-0.4, -0.2) is 108 Å². The van der Waals surface area contributed by atoms with E-state index in [0.717, 1.165) is 0 Å². The molecule has 0 radical (unpaired) electrons. The maximum atomic E-state index is 12.9. The minimum absolute atomic E-state index is 0.178. The molecule has 1 atom stereocenters. The van der Waals surface area contributed by atoms with Crippen LogP contribution in [0, 0.1) is 5.92 Å². The van der Waals surface area contributed by atoms with Crippen LogP contribution < -0.4 is 5.56 Å². The van der Waals surface area contributed by atoms with Gasteiger partial charge in [0.1, 0.15) is 11.4 Å². The summed E-state index contributed by atoms with van der Waals surface area (Å²) in [7, 11) is 3.05. The lowest BCUT2D eigenvalue weighted by molar-refractivity contribution is -0.131. The van der Waals surface area contributed by atoms with Crippen molar-refractivity contribution in [3.05, 3.63) is 27.7 Å². The van der Waals surface area contributed by atoms with Crippen molar-refractivity contribution in [3.63, 3.8) is 0 Å². The zero-order chi connectivity index (χ0) is 23.5. The number of hydrogen-bond donors (Lipinski definition) is 1. The van der Waals surface area contributed by atoms with Crippen molar-refractivity contribution in [2.75, 3.05) is 59.7 Å². The van der Waals surface area contributed by atoms with Gasteiger partial charge in [-0.1, -0.05) is 12.2 Å². The Morgan fingerprint density at radius 1 is 1.00 bits per heavy atom. The van der Waals surface area contributed by atoms with Crippen LogP contribution in [-0.2, 0) is 26.1 Å². The molecular formula is C21H28N6O6. The average molecular weight is 460 g/mol. The predicted octanol–water partition coefficient (Wildman–Crippen LogP) is -1.11. The molecule has 3 aliphatic rings. The molecule has 1 aromatic heterocycles. The molecule has 4 heterocycles. The number of nitrogens with one attached hydrogen (secondary N) is 1. The third-order valence-corrected chi connectivity index (χ3v) is 5.97. The summed E-state index contributed by atoms with van der Waals surface area (Å²) in [6.07, 6.45) is 3.36. The number of aromatic amines is 1. The maximum absolute atomic E-state index is 12.9. The Morgan fingerprint density at radius 3 is 2.18 bits per heavy atom. The number of ether oxygens (including phenoxy) is 2. The molecule has 2 fully saturated rings. The Hall–Kier alpha value is -3.25. The zero-order valence-electron chi connectivity index (χ0n) is 18.8. The van der Waals surface area contributed by atoms with E-state index in [4.69, 9.17) is 9.47 Å². The molecule has 2 saturated heterocycles. The molecule has 12 heteroatoms. The highest BCUT2D eigenvalue weighted by atomic mass is 16.5. The number of rotatable bonds is 5. The summed E-state index contributed by atoms with van der Waals surface area (Å²) >= 11 is 0. The van der Waals surface area contributed by atoms with Gasteiger partial charge in [0.2, 0.25) is 0 Å². The summed E-state index contributed by atoms with van der Waals surface area (Å²) < 4.78 is 11.8. The molecule has 0 aromatic carbocycles. The molecule has 1 aromatic rings. The molecule has 12 nitrogen and oxygen atoms in total. The van der Waals surface area contributed by atoms with Crippen molar-refractivity contribution >= 4 is 29.5 Å². The van der Waals surface area contributed by atoms with E-state index < -0.39 is 5.92 Å². The summed E-state index contributed by atoms with van der Waals surface area (Å²) in [5.74, 6) is -1.60. The molecule has 0 aliphatic carbocycles. The van der Waals surface area contributed by atoms with Gasteiger partial charge in [-0.2, -0.15) is 5.10 Å². The summed E-state index contributed by atoms with van der Waals surface area (Å²) in [5.41, 5.74) is 0.233. The number of morpholine rings is 2. The van der Waals surface area contributed by atoms with Gasteiger partial charge in [0.05, 0.1) is 37.9 Å². The number of amides is 3. The minimum Gasteiger partial charge on any atom is -0.378 e. The number of hydrogen-bond acceptors (Lipinski definition) is 7. The lowest BCUT2D eigenvalue weighted by atomic mass is 9.97. The van der Waals surface area contributed by atoms with Crippen molar-refractivity contribution in [3.8, 4) is 0 Å². The Bertz CT molecular complexity index is 1040. The number of allylic oxidation sites excluding steroid dienone is 1. The van der Waals surface area contributed by atoms with Crippen LogP contribution in [0.3, 0.4) is 0 Å². The van der Waals surface area contributed by atoms with Gasteiger partial charge in [-0.3, -0.25) is 29.0 Å². The monoisotopic (exact) mass is 460 g/mol. The lowest BCUT2D eigenvalue weighted by Gasteiger charge is -2.27. The average Bonchev–Trinajstić information content (AvgIpc) is 3.29. The summed E-state index contributed by atoms with van der Waals surface area (Å²) in [5, 5.41) is 8.17. The fourth-order valence-electron chi connectivity index (χ4n) is 4.09. The van der Waals surface area contributed by atoms with Gasteiger partial charge < -0.3 is 19.3 Å². The van der Waals surface area contributed by atoms with Crippen LogP contribution in [0.5, 0.6) is 0 Å². The smallest absolute Gasteiger partial charge is 0.274 e. The molecule has 3 aliphatic heterocycles. The van der Waals surface area contributed by atoms with Gasteiger partial charge in [-0.25, -0.2) is 5.01 Å². The SMILES string of the molecule is CN1N=C(C(=O)N2CCOCC2)C(CC=Cc2c(C(=O)N3CCOCC3)[nH]n(C)c2=O)C1=O. The summed E-state index contributed by atoms with van der Waals surface area (Å²) in [6, 6.07) is 0. The molecule has 0 spiro atoms. The summed E-state index contributed by atoms with van der Waals surface area (Å²) in [4.78, 5) is 54.4. The van der Waals surface area contributed by atoms with Crippen LogP contribution in [0.2, 0.25) is 0 Å². The van der Waals surface area contributed by atoms with Gasteiger partial charge in [0, 0.05) is 40.3 Å². The van der Waals surface area contributed by atoms with Crippen LogP contribution in [0.15, 0.2) is 16.0 Å². The number of carbonyl (C=O) groups is 3. The maximum Gasteiger partial charge on any atom is 0.274 e. The fraction of sp³-hybridized carbons (Fsp3) is 0.571. The van der Waals surface area contributed by atoms with Crippen LogP contribution >= 0.6 is 0 Å². The van der Waals surface area contributed by atoms with E-state index in [1.54, 1.807) is 15.9 Å². The highest BCUT2D eigenvalue weighted by Gasteiger charge is 2.39. The third kappa shape index (κ3) is 4.62. The minimum atomic E-state index is -0.747. The second kappa shape index (κ2) is 9.71. The molecule has 1 unspecified atom stereocenters. The van der Waals surface area contributed by atoms with Crippen molar-refractivity contribution < 1.29 is 23.9 Å². The van der Waals surface area contributed by atoms with E-state index in [-0.39, 0.29) is 46.7 Å². The molecule has 33 heavy (non-hydrogen) atoms. The quantitative estimate of drug-likeness (QED) is 0.593. The van der Waals surface area contributed by atoms with E-state index in [1.807, 2.05) is 0 Å². The first kappa shape index (κ1) is 22.9. The van der Waals surface area contributed by atoms with Crippen LogP contribution in [0.4, 0.5) is 0 Å². The number of H-pyrrole nitrogens is 1. The molecule has 4 rings (SSSR count). The molecule has 1 N–H and O–H groups in total. The largest absolute Gasteiger partial charge is 0.378 e. The first-order valence-corrected chi connectivity index (χ1v) is 10.9. The second-order valence-electron chi connectivity index (χ2n) is 8.11. The molecule has 3 amide bonds. The molecule has 178 valence electrons. The highest BCUT2D eigenvalue weighted by molar-refractivity contribution is 6.44. The number of aryl methyl sites for hydroxylation is 1. The Kier molecular flexibility index (Phi) is 6.75. The highest BCUT2D eigenvalue weighted by Crippen LogP contribution is 2.21. The fourth-order valence-corrected chi connectivity index (χ4v) is 4.09. The number of hydrazone groups is 1. The van der Waals surface area contributed by atoms with Gasteiger partial charge in [0.25, 0.3) is 23.3 Å². The molecule has 0 bridgehead atoms. The normalized spacial score (nSPS) is 21.8. The number of carbonyl (C=O) groups excluding carboxylic acids is 3. The third-order valence-electron chi connectivity index (χ3n) is 5.97. The van der Waals surface area contributed by atoms with Crippen molar-refractivity contribution in [2.45, 2.75) is 6.42 Å². The van der Waals surface area contributed by atoms with Gasteiger partial charge in [-0.15, -0.1) is 0 Å². The Labute approximate surface area is 190 Å². The first-order valence-electron chi connectivity index (χ1n) is 10.9. The molecular weight excluding hydrogens is 432 g/mol. The predicted molar refractivity (Wildman–Crippen MR) is 118 cm³/mol. The van der Waals surface area contributed by atoms with Gasteiger partial charge >= 0.3 is 0 Å². The van der Waals surface area contributed by atoms with Crippen molar-refractivity contribution in [1.29, 1.82) is 0 Å². The summed E-state index contributed by atoms with van der Waals surface area (Å²) in [6.45, 7) is 3.59. The number of aromatic nitrogens is 2. The van der Waals surface area contributed by atoms with Crippen LogP contribution in [0.25, 0.3) is 6.08 Å². The standard InChI is InChI=1S/C21H28N6O6/c1-24-18(28)14(16(22-24)20(30)26-6-10-32-11-7-26)4-3-5-15-17(23-25(2)19(15)29)21(31)27-8-12-33-13-9-27/h3-4,15,22H,5-13H2,1-2H3. The topological polar surface area (TPSA) is 130 Å². The Morgan fingerprint density at radius 2 is 1.58 bits per heavy atom. The molecule has 0 saturated carbocycles. The van der Waals surface area contributed by atoms with E-state index in [2.05, 4.69) is 10.2 Å². The Balaban J connectivity index is 1.51. The van der Waals surface area contributed by atoms with E-state index in [1.165, 1.54) is 29.9 Å². The van der Waals surface area contributed by atoms with E-state index in [9.17, 15) is 19.2 Å². The van der Waals surface area contributed by atoms with Gasteiger partial charge in [-0.05, 0) is 6.42 Å². The van der Waals surface area contributed by atoms with Crippen molar-refractivity contribution in [2.24, 2.45) is 18.1 Å². The van der Waals surface area contributed by atoms with Crippen molar-refractivity contribution in [1.82, 2.24) is 24.6 Å². The first-order chi connectivity index (χ1) is 15.9. The second-order valence-corrected chi connectivity index (χ2v) is 8.11. The van der Waals surface area contributed by atoms with Gasteiger partial charge in [0.15, 0.2) is 0 Å².